The van der Waals surface area contributed by atoms with Gasteiger partial charge in [0.05, 0.1) is 18.5 Å². The zero-order valence-electron chi connectivity index (χ0n) is 11.1. The summed E-state index contributed by atoms with van der Waals surface area (Å²) in [6.45, 7) is 0.777. The number of nitrogens with two attached hydrogens (primary N) is 1. The van der Waals surface area contributed by atoms with Crippen LogP contribution in [0.2, 0.25) is 0 Å². The van der Waals surface area contributed by atoms with Crippen molar-refractivity contribution >= 4 is 27.3 Å². The van der Waals surface area contributed by atoms with Crippen molar-refractivity contribution in [2.24, 2.45) is 0 Å². The Labute approximate surface area is 122 Å². The molecule has 0 atom stereocenters. The average Bonchev–Trinajstić information content (AvgIpc) is 2.42. The first-order valence-electron chi connectivity index (χ1n) is 6.00. The van der Waals surface area contributed by atoms with Crippen LogP contribution in [0.25, 0.3) is 0 Å². The molecule has 0 amide bonds. The molecule has 2 aromatic carbocycles. The lowest BCUT2D eigenvalue weighted by atomic mass is 10.2. The van der Waals surface area contributed by atoms with Gasteiger partial charge in [-0.15, -0.1) is 0 Å². The van der Waals surface area contributed by atoms with Gasteiger partial charge in [-0.1, -0.05) is 34.1 Å². The number of benzene rings is 2. The second-order valence-corrected chi connectivity index (χ2v) is 5.23. The van der Waals surface area contributed by atoms with E-state index < -0.39 is 0 Å². The highest BCUT2D eigenvalue weighted by molar-refractivity contribution is 9.10. The summed E-state index contributed by atoms with van der Waals surface area (Å²) >= 11 is 3.56. The third-order valence-electron chi connectivity index (χ3n) is 3.01. The van der Waals surface area contributed by atoms with Crippen LogP contribution in [0, 0.1) is 0 Å². The van der Waals surface area contributed by atoms with Crippen molar-refractivity contribution in [2.75, 3.05) is 24.8 Å². The Bertz CT molecular complexity index is 572. The summed E-state index contributed by atoms with van der Waals surface area (Å²) in [6, 6.07) is 13.9. The number of hydrogen-bond acceptors (Lipinski definition) is 3. The molecule has 0 radical (unpaired) electrons. The molecular weight excluding hydrogens is 304 g/mol. The van der Waals surface area contributed by atoms with Gasteiger partial charge in [0.2, 0.25) is 0 Å². The molecule has 19 heavy (non-hydrogen) atoms. The zero-order valence-corrected chi connectivity index (χ0v) is 12.6. The Hall–Kier alpha value is -1.68. The lowest BCUT2D eigenvalue weighted by molar-refractivity contribution is 0.415. The molecule has 0 aliphatic carbocycles. The molecule has 3 nitrogen and oxygen atoms in total. The van der Waals surface area contributed by atoms with Crippen molar-refractivity contribution in [3.8, 4) is 5.75 Å². The van der Waals surface area contributed by atoms with E-state index in [0.717, 1.165) is 28.1 Å². The van der Waals surface area contributed by atoms with Crippen LogP contribution in [0.15, 0.2) is 46.9 Å². The predicted molar refractivity (Wildman–Crippen MR) is 83.7 cm³/mol. The molecular formula is C15H17BrN2O. The zero-order chi connectivity index (χ0) is 13.8. The quantitative estimate of drug-likeness (QED) is 0.873. The number of nitrogen functional groups attached to an aromatic ring is 1. The van der Waals surface area contributed by atoms with E-state index in [2.05, 4.69) is 26.9 Å². The number of ether oxygens (including phenoxy) is 1. The highest BCUT2D eigenvalue weighted by atomic mass is 79.9. The van der Waals surface area contributed by atoms with E-state index in [1.807, 2.05) is 43.4 Å². The fraction of sp³-hybridized carbons (Fsp3) is 0.200. The lowest BCUT2D eigenvalue weighted by Gasteiger charge is -2.22. The van der Waals surface area contributed by atoms with Crippen LogP contribution in [0.3, 0.4) is 0 Å². The molecule has 0 aromatic heterocycles. The van der Waals surface area contributed by atoms with Crippen molar-refractivity contribution in [1.82, 2.24) is 0 Å². The van der Waals surface area contributed by atoms with Gasteiger partial charge < -0.3 is 15.4 Å². The minimum atomic E-state index is 0.746. The first-order valence-corrected chi connectivity index (χ1v) is 6.79. The van der Waals surface area contributed by atoms with Gasteiger partial charge >= 0.3 is 0 Å². The summed E-state index contributed by atoms with van der Waals surface area (Å²) in [4.78, 5) is 2.11. The maximum absolute atomic E-state index is 6.03. The fourth-order valence-electron chi connectivity index (χ4n) is 1.95. The lowest BCUT2D eigenvalue weighted by Crippen LogP contribution is -2.18. The molecule has 0 heterocycles. The second-order valence-electron chi connectivity index (χ2n) is 4.37. The predicted octanol–water partition coefficient (Wildman–Crippen LogP) is 3.68. The van der Waals surface area contributed by atoms with Gasteiger partial charge in [0.25, 0.3) is 0 Å². The Morgan fingerprint density at radius 1 is 1.21 bits per heavy atom. The van der Waals surface area contributed by atoms with Crippen molar-refractivity contribution in [1.29, 1.82) is 0 Å². The van der Waals surface area contributed by atoms with Gasteiger partial charge in [-0.3, -0.25) is 0 Å². The van der Waals surface area contributed by atoms with Gasteiger partial charge in [0.15, 0.2) is 0 Å². The molecule has 0 spiro atoms. The first-order chi connectivity index (χ1) is 9.11. The Kier molecular flexibility index (Phi) is 4.32. The minimum Gasteiger partial charge on any atom is -0.497 e. The number of halogens is 1. The molecule has 0 bridgehead atoms. The van der Waals surface area contributed by atoms with E-state index in [1.54, 1.807) is 7.11 Å². The molecule has 0 fully saturated rings. The van der Waals surface area contributed by atoms with E-state index in [1.165, 1.54) is 5.56 Å². The standard InChI is InChI=1S/C15H17BrN2O/c1-18(10-11-5-3-4-6-13(11)16)15-9-12(19-2)7-8-14(15)17/h3-9H,10,17H2,1-2H3. The van der Waals surface area contributed by atoms with Crippen LogP contribution < -0.4 is 15.4 Å². The van der Waals surface area contributed by atoms with E-state index in [9.17, 15) is 0 Å². The van der Waals surface area contributed by atoms with Crippen LogP contribution in [0.4, 0.5) is 11.4 Å². The molecule has 0 saturated heterocycles. The van der Waals surface area contributed by atoms with Crippen LogP contribution in [0.1, 0.15) is 5.56 Å². The second kappa shape index (κ2) is 5.97. The number of rotatable bonds is 4. The summed E-state index contributed by atoms with van der Waals surface area (Å²) in [7, 11) is 3.67. The van der Waals surface area contributed by atoms with Crippen molar-refractivity contribution in [3.63, 3.8) is 0 Å². The number of nitrogens with zero attached hydrogens (tertiary/aromatic N) is 1. The van der Waals surface area contributed by atoms with Crippen molar-refractivity contribution in [2.45, 2.75) is 6.54 Å². The molecule has 4 heteroatoms. The molecule has 0 saturated carbocycles. The largest absolute Gasteiger partial charge is 0.497 e. The Balaban J connectivity index is 2.25. The van der Waals surface area contributed by atoms with Gasteiger partial charge in [0, 0.05) is 24.1 Å². The highest BCUT2D eigenvalue weighted by Crippen LogP contribution is 2.29. The summed E-state index contributed by atoms with van der Waals surface area (Å²) in [5.41, 5.74) is 8.96. The number of methoxy groups -OCH3 is 1. The molecule has 2 N–H and O–H groups in total. The summed E-state index contributed by atoms with van der Waals surface area (Å²) in [5, 5.41) is 0. The van der Waals surface area contributed by atoms with Crippen LogP contribution in [-0.2, 0) is 6.54 Å². The van der Waals surface area contributed by atoms with Gasteiger partial charge in [0.1, 0.15) is 5.75 Å². The van der Waals surface area contributed by atoms with Crippen LogP contribution in [-0.4, -0.2) is 14.2 Å². The van der Waals surface area contributed by atoms with E-state index >= 15 is 0 Å². The summed E-state index contributed by atoms with van der Waals surface area (Å²) in [5.74, 6) is 0.808. The normalized spacial score (nSPS) is 10.3. The van der Waals surface area contributed by atoms with Gasteiger partial charge in [-0.2, -0.15) is 0 Å². The van der Waals surface area contributed by atoms with Gasteiger partial charge in [-0.05, 0) is 23.8 Å². The Morgan fingerprint density at radius 2 is 1.95 bits per heavy atom. The topological polar surface area (TPSA) is 38.5 Å². The average molecular weight is 321 g/mol. The third-order valence-corrected chi connectivity index (χ3v) is 3.79. The monoisotopic (exact) mass is 320 g/mol. The highest BCUT2D eigenvalue weighted by Gasteiger charge is 2.09. The minimum absolute atomic E-state index is 0.746. The van der Waals surface area contributed by atoms with Gasteiger partial charge in [-0.25, -0.2) is 0 Å². The van der Waals surface area contributed by atoms with E-state index in [-0.39, 0.29) is 0 Å². The fourth-order valence-corrected chi connectivity index (χ4v) is 2.36. The molecule has 0 aliphatic rings. The summed E-state index contributed by atoms with van der Waals surface area (Å²) < 4.78 is 6.34. The maximum atomic E-state index is 6.03. The maximum Gasteiger partial charge on any atom is 0.121 e. The van der Waals surface area contributed by atoms with E-state index in [4.69, 9.17) is 10.5 Å². The van der Waals surface area contributed by atoms with E-state index in [0.29, 0.717) is 0 Å². The number of hydrogen-bond donors (Lipinski definition) is 1. The smallest absolute Gasteiger partial charge is 0.121 e. The molecule has 2 rings (SSSR count). The molecule has 0 unspecified atom stereocenters. The first kappa shape index (κ1) is 13.7. The van der Waals surface area contributed by atoms with Crippen molar-refractivity contribution < 1.29 is 4.74 Å². The Morgan fingerprint density at radius 3 is 2.63 bits per heavy atom. The van der Waals surface area contributed by atoms with Crippen molar-refractivity contribution in [3.05, 3.63) is 52.5 Å². The SMILES string of the molecule is COc1ccc(N)c(N(C)Cc2ccccc2Br)c1. The summed E-state index contributed by atoms with van der Waals surface area (Å²) in [6.07, 6.45) is 0. The molecule has 100 valence electrons. The number of anilines is 2. The molecule has 0 aliphatic heterocycles. The van der Waals surface area contributed by atoms with Crippen LogP contribution >= 0.6 is 15.9 Å². The third kappa shape index (κ3) is 3.20. The molecule has 2 aromatic rings. The van der Waals surface area contributed by atoms with Crippen LogP contribution in [0.5, 0.6) is 5.75 Å².